The summed E-state index contributed by atoms with van der Waals surface area (Å²) in [4.78, 5) is 12.1. The van der Waals surface area contributed by atoms with Crippen LogP contribution in [0.15, 0.2) is 53.4 Å². The van der Waals surface area contributed by atoms with E-state index >= 15 is 0 Å². The molecule has 1 aliphatic rings. The lowest BCUT2D eigenvalue weighted by atomic mass is 9.87. The summed E-state index contributed by atoms with van der Waals surface area (Å²) >= 11 is 0. The summed E-state index contributed by atoms with van der Waals surface area (Å²) in [6, 6.07) is 11.1. The Morgan fingerprint density at radius 1 is 1.16 bits per heavy atom. The van der Waals surface area contributed by atoms with Gasteiger partial charge in [-0.05, 0) is 49.2 Å². The number of methoxy groups -OCH3 is 1. The molecule has 0 N–H and O–H groups in total. The molecule has 0 aliphatic carbocycles. The molecule has 5 nitrogen and oxygen atoms in total. The van der Waals surface area contributed by atoms with Crippen LogP contribution in [0.1, 0.15) is 24.8 Å². The van der Waals surface area contributed by atoms with E-state index in [4.69, 9.17) is 4.74 Å². The summed E-state index contributed by atoms with van der Waals surface area (Å²) in [5.74, 6) is -1.41. The largest absolute Gasteiger partial charge is 0.469 e. The van der Waals surface area contributed by atoms with Crippen molar-refractivity contribution < 1.29 is 22.3 Å². The molecule has 3 rings (SSSR count). The Hall–Kier alpha value is -2.41. The molecular formula is C18H18FNO4S. The van der Waals surface area contributed by atoms with E-state index in [9.17, 15) is 17.6 Å². The molecule has 2 aromatic carbocycles. The lowest BCUT2D eigenvalue weighted by Gasteiger charge is -2.38. The maximum atomic E-state index is 13.2. The summed E-state index contributed by atoms with van der Waals surface area (Å²) in [5, 5.41) is 0. The Labute approximate surface area is 146 Å². The third kappa shape index (κ3) is 3.00. The molecule has 0 saturated carbocycles. The number of fused-ring (bicyclic) bond motifs is 1. The third-order valence-corrected chi connectivity index (χ3v) is 6.33. The molecule has 25 heavy (non-hydrogen) atoms. The first-order valence-electron chi connectivity index (χ1n) is 7.83. The third-order valence-electron chi connectivity index (χ3n) is 4.38. The highest BCUT2D eigenvalue weighted by Crippen LogP contribution is 2.41. The first-order valence-corrected chi connectivity index (χ1v) is 9.27. The molecule has 0 aromatic heterocycles. The van der Waals surface area contributed by atoms with Gasteiger partial charge < -0.3 is 4.74 Å². The number of esters is 1. The number of carbonyl (C=O) groups is 1. The van der Waals surface area contributed by atoms with Crippen LogP contribution >= 0.6 is 0 Å². The Kier molecular flexibility index (Phi) is 4.51. The van der Waals surface area contributed by atoms with Gasteiger partial charge in [-0.3, -0.25) is 9.10 Å². The van der Waals surface area contributed by atoms with Crippen LogP contribution in [0.4, 0.5) is 10.1 Å². The normalized spacial score (nSPS) is 20.0. The molecule has 1 aliphatic heterocycles. The second-order valence-electron chi connectivity index (χ2n) is 5.97. The monoisotopic (exact) mass is 363 g/mol. The number of rotatable bonds is 3. The van der Waals surface area contributed by atoms with E-state index in [1.165, 1.54) is 23.5 Å². The van der Waals surface area contributed by atoms with Gasteiger partial charge in [-0.25, -0.2) is 12.8 Å². The number of anilines is 1. The molecular weight excluding hydrogens is 345 g/mol. The van der Waals surface area contributed by atoms with E-state index in [0.717, 1.165) is 12.1 Å². The van der Waals surface area contributed by atoms with Gasteiger partial charge in [-0.1, -0.05) is 18.2 Å². The van der Waals surface area contributed by atoms with E-state index in [1.54, 1.807) is 31.2 Å². The number of ether oxygens (including phenoxy) is 1. The Bertz CT molecular complexity index is 896. The zero-order valence-corrected chi connectivity index (χ0v) is 14.7. The first-order chi connectivity index (χ1) is 11.9. The lowest BCUT2D eigenvalue weighted by molar-refractivity contribution is -0.142. The smallest absolute Gasteiger partial charge is 0.313 e. The van der Waals surface area contributed by atoms with E-state index in [0.29, 0.717) is 17.7 Å². The van der Waals surface area contributed by atoms with Crippen molar-refractivity contribution in [3.05, 3.63) is 59.9 Å². The minimum absolute atomic E-state index is 0.00655. The molecule has 2 aromatic rings. The molecule has 0 amide bonds. The van der Waals surface area contributed by atoms with E-state index < -0.39 is 33.8 Å². The van der Waals surface area contributed by atoms with Crippen molar-refractivity contribution in [2.45, 2.75) is 30.2 Å². The van der Waals surface area contributed by atoms with Gasteiger partial charge in [0.1, 0.15) is 5.82 Å². The number of nitrogens with zero attached hydrogens (tertiary/aromatic N) is 1. The van der Waals surface area contributed by atoms with E-state index in [-0.39, 0.29) is 4.90 Å². The molecule has 0 fully saturated rings. The molecule has 0 bridgehead atoms. The van der Waals surface area contributed by atoms with Crippen LogP contribution in [0.2, 0.25) is 0 Å². The lowest BCUT2D eigenvalue weighted by Crippen LogP contribution is -2.44. The molecule has 7 heteroatoms. The average molecular weight is 363 g/mol. The number of sulfonamides is 1. The maximum absolute atomic E-state index is 13.2. The summed E-state index contributed by atoms with van der Waals surface area (Å²) in [6.07, 6.45) is 0.310. The molecule has 2 unspecified atom stereocenters. The maximum Gasteiger partial charge on any atom is 0.313 e. The van der Waals surface area contributed by atoms with Crippen LogP contribution < -0.4 is 4.31 Å². The van der Waals surface area contributed by atoms with Crippen molar-refractivity contribution in [1.82, 2.24) is 0 Å². The fourth-order valence-electron chi connectivity index (χ4n) is 3.24. The fraction of sp³-hybridized carbons (Fsp3) is 0.278. The van der Waals surface area contributed by atoms with Gasteiger partial charge in [-0.2, -0.15) is 0 Å². The molecule has 0 spiro atoms. The minimum atomic E-state index is -3.88. The Balaban J connectivity index is 2.13. The SMILES string of the molecule is COC(=O)C1CC(C)N(S(=O)(=O)c2ccc(F)cc2)c2ccccc21. The summed E-state index contributed by atoms with van der Waals surface area (Å²) in [5.41, 5.74) is 1.05. The van der Waals surface area contributed by atoms with Crippen LogP contribution in [0.5, 0.6) is 0 Å². The Morgan fingerprint density at radius 2 is 1.80 bits per heavy atom. The molecule has 132 valence electrons. The summed E-state index contributed by atoms with van der Waals surface area (Å²) in [7, 11) is -2.57. The van der Waals surface area contributed by atoms with Crippen molar-refractivity contribution in [2.24, 2.45) is 0 Å². The average Bonchev–Trinajstić information content (AvgIpc) is 2.60. The van der Waals surface area contributed by atoms with Crippen LogP contribution in [0.25, 0.3) is 0 Å². The highest BCUT2D eigenvalue weighted by atomic mass is 32.2. The van der Waals surface area contributed by atoms with Gasteiger partial charge in [0.05, 0.1) is 23.6 Å². The van der Waals surface area contributed by atoms with Crippen LogP contribution in [0.3, 0.4) is 0 Å². The molecule has 0 radical (unpaired) electrons. The van der Waals surface area contributed by atoms with Gasteiger partial charge in [-0.15, -0.1) is 0 Å². The zero-order valence-electron chi connectivity index (χ0n) is 13.8. The topological polar surface area (TPSA) is 63.7 Å². The van der Waals surface area contributed by atoms with Crippen molar-refractivity contribution in [2.75, 3.05) is 11.4 Å². The first kappa shape index (κ1) is 17.4. The fourth-order valence-corrected chi connectivity index (χ4v) is 4.93. The van der Waals surface area contributed by atoms with Crippen LogP contribution in [-0.4, -0.2) is 27.5 Å². The second kappa shape index (κ2) is 6.48. The number of para-hydroxylation sites is 1. The van der Waals surface area contributed by atoms with Crippen molar-refractivity contribution in [1.29, 1.82) is 0 Å². The van der Waals surface area contributed by atoms with Gasteiger partial charge >= 0.3 is 5.97 Å². The van der Waals surface area contributed by atoms with Crippen molar-refractivity contribution in [3.63, 3.8) is 0 Å². The quantitative estimate of drug-likeness (QED) is 0.786. The molecule has 2 atom stereocenters. The van der Waals surface area contributed by atoms with Gasteiger partial charge in [0.25, 0.3) is 10.0 Å². The highest BCUT2D eigenvalue weighted by molar-refractivity contribution is 7.92. The van der Waals surface area contributed by atoms with Gasteiger partial charge in [0, 0.05) is 6.04 Å². The summed E-state index contributed by atoms with van der Waals surface area (Å²) in [6.45, 7) is 1.74. The standard InChI is InChI=1S/C18H18FNO4S/c1-12-11-16(18(21)24-2)15-5-3-4-6-17(15)20(12)25(22,23)14-9-7-13(19)8-10-14/h3-10,12,16H,11H2,1-2H3. The van der Waals surface area contributed by atoms with Gasteiger partial charge in [0.2, 0.25) is 0 Å². The Morgan fingerprint density at radius 3 is 2.44 bits per heavy atom. The minimum Gasteiger partial charge on any atom is -0.469 e. The number of hydrogen-bond acceptors (Lipinski definition) is 4. The number of benzene rings is 2. The van der Waals surface area contributed by atoms with E-state index in [1.807, 2.05) is 0 Å². The molecule has 0 saturated heterocycles. The second-order valence-corrected chi connectivity index (χ2v) is 7.79. The predicted octanol–water partition coefficient (Wildman–Crippen LogP) is 3.07. The van der Waals surface area contributed by atoms with Crippen molar-refractivity contribution >= 4 is 21.7 Å². The molecule has 1 heterocycles. The number of halogens is 1. The zero-order chi connectivity index (χ0) is 18.2. The predicted molar refractivity (Wildman–Crippen MR) is 91.3 cm³/mol. The highest BCUT2D eigenvalue weighted by Gasteiger charge is 2.40. The summed E-state index contributed by atoms with van der Waals surface area (Å²) < 4.78 is 45.5. The number of hydrogen-bond donors (Lipinski definition) is 0. The van der Waals surface area contributed by atoms with Crippen LogP contribution in [0, 0.1) is 5.82 Å². The van der Waals surface area contributed by atoms with Gasteiger partial charge in [0.15, 0.2) is 0 Å². The number of carbonyl (C=O) groups excluding carboxylic acids is 1. The van der Waals surface area contributed by atoms with Crippen molar-refractivity contribution in [3.8, 4) is 0 Å². The van der Waals surface area contributed by atoms with Crippen LogP contribution in [-0.2, 0) is 19.6 Å². The van der Waals surface area contributed by atoms with E-state index in [2.05, 4.69) is 0 Å².